The molecule has 3 rings (SSSR count). The predicted octanol–water partition coefficient (Wildman–Crippen LogP) is 1.36. The zero-order valence-corrected chi connectivity index (χ0v) is 11.2. The number of nitrogens with zero attached hydrogens (tertiary/aromatic N) is 5. The first kappa shape index (κ1) is 12.2. The van der Waals surface area contributed by atoms with Crippen LogP contribution in [0.1, 0.15) is 24.3 Å². The van der Waals surface area contributed by atoms with Gasteiger partial charge in [0, 0.05) is 5.38 Å². The van der Waals surface area contributed by atoms with Crippen molar-refractivity contribution in [2.75, 3.05) is 0 Å². The lowest BCUT2D eigenvalue weighted by molar-refractivity contribution is -0.156. The monoisotopic (exact) mass is 279 g/mol. The second kappa shape index (κ2) is 4.37. The van der Waals surface area contributed by atoms with E-state index in [2.05, 4.69) is 20.5 Å². The third-order valence-electron chi connectivity index (χ3n) is 3.60. The van der Waals surface area contributed by atoms with Crippen molar-refractivity contribution < 1.29 is 9.90 Å². The van der Waals surface area contributed by atoms with Crippen molar-refractivity contribution in [3.05, 3.63) is 10.4 Å². The first-order valence-corrected chi connectivity index (χ1v) is 6.91. The molecule has 0 bridgehead atoms. The first-order chi connectivity index (χ1) is 9.11. The van der Waals surface area contributed by atoms with Gasteiger partial charge < -0.3 is 5.11 Å². The van der Waals surface area contributed by atoms with Crippen molar-refractivity contribution in [2.45, 2.75) is 32.7 Å². The maximum atomic E-state index is 11.4. The fraction of sp³-hybridized carbons (Fsp3) is 0.545. The lowest BCUT2D eigenvalue weighted by atomic mass is 9.69. The largest absolute Gasteiger partial charge is 0.481 e. The van der Waals surface area contributed by atoms with Crippen molar-refractivity contribution in [3.63, 3.8) is 0 Å². The number of carboxylic acids is 1. The van der Waals surface area contributed by atoms with Crippen molar-refractivity contribution in [3.8, 4) is 11.5 Å². The molecule has 0 amide bonds. The lowest BCUT2D eigenvalue weighted by Crippen LogP contribution is -2.42. The number of carboxylic acid groups (broad SMARTS) is 1. The zero-order valence-electron chi connectivity index (χ0n) is 10.4. The van der Waals surface area contributed by atoms with Crippen LogP contribution in [0.4, 0.5) is 0 Å². The SMILES string of the molecule is Cc1nc(-c2nnnn2CC2(C(=O)O)CCC2)cs1. The Bertz CT molecular complexity index is 616. The van der Waals surface area contributed by atoms with Crippen LogP contribution in [-0.2, 0) is 11.3 Å². The second-order valence-electron chi connectivity index (χ2n) is 4.85. The molecule has 0 aliphatic heterocycles. The quantitative estimate of drug-likeness (QED) is 0.908. The van der Waals surface area contributed by atoms with E-state index in [4.69, 9.17) is 0 Å². The summed E-state index contributed by atoms with van der Waals surface area (Å²) in [4.78, 5) is 15.7. The topological polar surface area (TPSA) is 93.8 Å². The van der Waals surface area contributed by atoms with Gasteiger partial charge in [0.15, 0.2) is 0 Å². The summed E-state index contributed by atoms with van der Waals surface area (Å²) < 4.78 is 1.56. The Morgan fingerprint density at radius 2 is 2.37 bits per heavy atom. The van der Waals surface area contributed by atoms with Gasteiger partial charge in [-0.15, -0.1) is 16.4 Å². The van der Waals surface area contributed by atoms with Gasteiger partial charge in [-0.3, -0.25) is 4.79 Å². The molecule has 0 saturated heterocycles. The maximum absolute atomic E-state index is 11.4. The van der Waals surface area contributed by atoms with E-state index >= 15 is 0 Å². The van der Waals surface area contributed by atoms with Crippen molar-refractivity contribution in [1.29, 1.82) is 0 Å². The normalized spacial score (nSPS) is 17.1. The van der Waals surface area contributed by atoms with E-state index in [-0.39, 0.29) is 0 Å². The first-order valence-electron chi connectivity index (χ1n) is 6.03. The van der Waals surface area contributed by atoms with Crippen LogP contribution in [0.2, 0.25) is 0 Å². The Balaban J connectivity index is 1.90. The molecule has 7 nitrogen and oxygen atoms in total. The average molecular weight is 279 g/mol. The fourth-order valence-corrected chi connectivity index (χ4v) is 2.88. The van der Waals surface area contributed by atoms with Gasteiger partial charge in [-0.05, 0) is 30.2 Å². The summed E-state index contributed by atoms with van der Waals surface area (Å²) in [5, 5.41) is 23.7. The van der Waals surface area contributed by atoms with Crippen LogP contribution in [0, 0.1) is 12.3 Å². The van der Waals surface area contributed by atoms with Crippen LogP contribution < -0.4 is 0 Å². The minimum absolute atomic E-state index is 0.307. The molecule has 1 aliphatic carbocycles. The van der Waals surface area contributed by atoms with Gasteiger partial charge in [0.1, 0.15) is 5.69 Å². The number of tetrazole rings is 1. The van der Waals surface area contributed by atoms with E-state index in [0.717, 1.165) is 11.4 Å². The molecule has 2 heterocycles. The van der Waals surface area contributed by atoms with Crippen LogP contribution in [0.15, 0.2) is 5.38 Å². The summed E-state index contributed by atoms with van der Waals surface area (Å²) in [7, 11) is 0. The highest BCUT2D eigenvalue weighted by Crippen LogP contribution is 2.43. The van der Waals surface area contributed by atoms with E-state index in [1.807, 2.05) is 12.3 Å². The molecule has 0 radical (unpaired) electrons. The molecule has 1 fully saturated rings. The highest BCUT2D eigenvalue weighted by molar-refractivity contribution is 7.09. The molecule has 0 aromatic carbocycles. The van der Waals surface area contributed by atoms with Gasteiger partial charge in [-0.2, -0.15) is 0 Å². The Labute approximate surface area is 113 Å². The number of hydrogen-bond donors (Lipinski definition) is 1. The molecule has 2 aromatic rings. The molecule has 2 aromatic heterocycles. The number of aromatic nitrogens is 5. The number of hydrogen-bond acceptors (Lipinski definition) is 6. The van der Waals surface area contributed by atoms with Crippen molar-refractivity contribution in [1.82, 2.24) is 25.2 Å². The van der Waals surface area contributed by atoms with E-state index in [9.17, 15) is 9.90 Å². The Kier molecular flexibility index (Phi) is 2.81. The van der Waals surface area contributed by atoms with E-state index in [1.165, 1.54) is 11.3 Å². The molecule has 1 N–H and O–H groups in total. The van der Waals surface area contributed by atoms with E-state index in [1.54, 1.807) is 4.68 Å². The summed E-state index contributed by atoms with van der Waals surface area (Å²) in [6.45, 7) is 2.22. The smallest absolute Gasteiger partial charge is 0.311 e. The molecule has 100 valence electrons. The van der Waals surface area contributed by atoms with Gasteiger partial charge in [0.05, 0.1) is 17.0 Å². The molecule has 1 aliphatic rings. The molecule has 0 unspecified atom stereocenters. The number of rotatable bonds is 4. The van der Waals surface area contributed by atoms with Gasteiger partial charge in [-0.1, -0.05) is 6.42 Å². The van der Waals surface area contributed by atoms with Gasteiger partial charge >= 0.3 is 5.97 Å². The Morgan fingerprint density at radius 1 is 1.58 bits per heavy atom. The minimum atomic E-state index is -0.769. The molecule has 19 heavy (non-hydrogen) atoms. The average Bonchev–Trinajstić information content (AvgIpc) is 2.91. The van der Waals surface area contributed by atoms with Gasteiger partial charge in [0.25, 0.3) is 0 Å². The van der Waals surface area contributed by atoms with Crippen LogP contribution in [0.25, 0.3) is 11.5 Å². The summed E-state index contributed by atoms with van der Waals surface area (Å²) in [5.41, 5.74) is -0.0118. The molecule has 0 atom stereocenters. The van der Waals surface area contributed by atoms with Crippen LogP contribution in [0.3, 0.4) is 0 Å². The van der Waals surface area contributed by atoms with Gasteiger partial charge in [0.2, 0.25) is 5.82 Å². The molecular weight excluding hydrogens is 266 g/mol. The van der Waals surface area contributed by atoms with E-state index < -0.39 is 11.4 Å². The summed E-state index contributed by atoms with van der Waals surface area (Å²) in [6, 6.07) is 0. The molecule has 8 heteroatoms. The van der Waals surface area contributed by atoms with Crippen LogP contribution in [0.5, 0.6) is 0 Å². The zero-order chi connectivity index (χ0) is 13.5. The Morgan fingerprint density at radius 3 is 2.89 bits per heavy atom. The number of aryl methyl sites for hydroxylation is 1. The second-order valence-corrected chi connectivity index (χ2v) is 5.91. The molecule has 0 spiro atoms. The molecular formula is C11H13N5O2S. The van der Waals surface area contributed by atoms with Crippen LogP contribution >= 0.6 is 11.3 Å². The third-order valence-corrected chi connectivity index (χ3v) is 4.37. The Hall–Kier alpha value is -1.83. The van der Waals surface area contributed by atoms with Crippen LogP contribution in [-0.4, -0.2) is 36.3 Å². The third kappa shape index (κ3) is 2.01. The standard InChI is InChI=1S/C11H13N5O2S/c1-7-12-8(5-19-7)9-13-14-15-16(9)6-11(10(17)18)3-2-4-11/h5H,2-4,6H2,1H3,(H,17,18). The predicted molar refractivity (Wildman–Crippen MR) is 67.6 cm³/mol. The fourth-order valence-electron chi connectivity index (χ4n) is 2.29. The van der Waals surface area contributed by atoms with Crippen molar-refractivity contribution in [2.24, 2.45) is 5.41 Å². The summed E-state index contributed by atoms with van der Waals surface area (Å²) in [6.07, 6.45) is 2.30. The lowest BCUT2D eigenvalue weighted by Gasteiger charge is -2.37. The minimum Gasteiger partial charge on any atom is -0.481 e. The summed E-state index contributed by atoms with van der Waals surface area (Å²) >= 11 is 1.52. The maximum Gasteiger partial charge on any atom is 0.311 e. The number of thiazole rings is 1. The molecule has 1 saturated carbocycles. The van der Waals surface area contributed by atoms with E-state index in [0.29, 0.717) is 30.9 Å². The highest BCUT2D eigenvalue weighted by Gasteiger charge is 2.45. The highest BCUT2D eigenvalue weighted by atomic mass is 32.1. The number of aliphatic carboxylic acids is 1. The van der Waals surface area contributed by atoms with Crippen molar-refractivity contribution >= 4 is 17.3 Å². The summed E-state index contributed by atoms with van der Waals surface area (Å²) in [5.74, 6) is -0.230. The van der Waals surface area contributed by atoms with Gasteiger partial charge in [-0.25, -0.2) is 9.67 Å². The number of carbonyl (C=O) groups is 1.